The van der Waals surface area contributed by atoms with E-state index in [-0.39, 0.29) is 6.61 Å². The van der Waals surface area contributed by atoms with Gasteiger partial charge in [0.15, 0.2) is 0 Å². The van der Waals surface area contributed by atoms with Crippen molar-refractivity contribution in [3.8, 4) is 0 Å². The average molecular weight is 237 g/mol. The van der Waals surface area contributed by atoms with E-state index in [2.05, 4.69) is 36.1 Å². The molecule has 0 aliphatic carbocycles. The summed E-state index contributed by atoms with van der Waals surface area (Å²) in [5.41, 5.74) is 0.987. The molecule has 17 heavy (non-hydrogen) atoms. The minimum Gasteiger partial charge on any atom is -0.396 e. The van der Waals surface area contributed by atoms with E-state index in [1.54, 1.807) is 0 Å². The van der Waals surface area contributed by atoms with Gasteiger partial charge in [0.2, 0.25) is 0 Å². The second kappa shape index (κ2) is 6.55. The van der Waals surface area contributed by atoms with Crippen LogP contribution in [0.15, 0.2) is 6.07 Å². The molecule has 4 heteroatoms. The molecular formula is C13H23N3O. The fraction of sp³-hybridized carbons (Fsp3) is 0.692. The van der Waals surface area contributed by atoms with E-state index < -0.39 is 0 Å². The van der Waals surface area contributed by atoms with Crippen molar-refractivity contribution in [1.29, 1.82) is 0 Å². The number of aromatic nitrogens is 2. The Bertz CT molecular complexity index is 353. The van der Waals surface area contributed by atoms with Crippen LogP contribution in [0.4, 0.5) is 5.82 Å². The molecule has 0 aliphatic rings. The maximum atomic E-state index is 8.79. The van der Waals surface area contributed by atoms with Crippen LogP contribution >= 0.6 is 0 Å². The van der Waals surface area contributed by atoms with Crippen LogP contribution in [0.2, 0.25) is 0 Å². The van der Waals surface area contributed by atoms with Crippen molar-refractivity contribution in [3.63, 3.8) is 0 Å². The molecule has 0 spiro atoms. The Kier molecular flexibility index (Phi) is 5.35. The second-order valence-electron chi connectivity index (χ2n) is 4.82. The Hall–Kier alpha value is -1.16. The van der Waals surface area contributed by atoms with E-state index in [4.69, 9.17) is 5.11 Å². The summed E-state index contributed by atoms with van der Waals surface area (Å²) in [5.74, 6) is 2.09. The Morgan fingerprint density at radius 2 is 2.00 bits per heavy atom. The number of aliphatic hydroxyl groups excluding tert-OH is 1. The summed E-state index contributed by atoms with van der Waals surface area (Å²) in [6, 6.07) is 2.28. The zero-order chi connectivity index (χ0) is 12.8. The minimum absolute atomic E-state index is 0.242. The van der Waals surface area contributed by atoms with E-state index in [0.717, 1.165) is 30.2 Å². The van der Waals surface area contributed by atoms with Crippen LogP contribution in [0.3, 0.4) is 0 Å². The summed E-state index contributed by atoms with van der Waals surface area (Å²) >= 11 is 0. The number of hydrogen-bond acceptors (Lipinski definition) is 4. The molecule has 1 rings (SSSR count). The maximum Gasteiger partial charge on any atom is 0.133 e. The van der Waals surface area contributed by atoms with E-state index >= 15 is 0 Å². The molecule has 1 heterocycles. The predicted octanol–water partition coefficient (Wildman–Crippen LogP) is 2.48. The predicted molar refractivity (Wildman–Crippen MR) is 70.3 cm³/mol. The standard InChI is InChI=1S/C13H23N3O/c1-9(2)13-15-11(4)8-12(16-13)14-10(3)6-5-7-17/h8-10,17H,5-7H2,1-4H3,(H,14,15,16). The van der Waals surface area contributed by atoms with E-state index in [0.29, 0.717) is 12.0 Å². The van der Waals surface area contributed by atoms with Crippen LogP contribution in [0.25, 0.3) is 0 Å². The fourth-order valence-electron chi connectivity index (χ4n) is 1.65. The first-order chi connectivity index (χ1) is 8.02. The quantitative estimate of drug-likeness (QED) is 0.798. The molecule has 1 unspecified atom stereocenters. The molecule has 2 N–H and O–H groups in total. The Morgan fingerprint density at radius 1 is 1.29 bits per heavy atom. The van der Waals surface area contributed by atoms with Crippen molar-refractivity contribution in [1.82, 2.24) is 9.97 Å². The highest BCUT2D eigenvalue weighted by molar-refractivity contribution is 5.37. The lowest BCUT2D eigenvalue weighted by Gasteiger charge is -2.15. The molecule has 4 nitrogen and oxygen atoms in total. The SMILES string of the molecule is Cc1cc(NC(C)CCCO)nc(C(C)C)n1. The van der Waals surface area contributed by atoms with Crippen LogP contribution in [0.5, 0.6) is 0 Å². The number of aliphatic hydroxyl groups is 1. The highest BCUT2D eigenvalue weighted by Gasteiger charge is 2.08. The first kappa shape index (κ1) is 13.9. The number of nitrogens with one attached hydrogen (secondary N) is 1. The van der Waals surface area contributed by atoms with Gasteiger partial charge in [-0.1, -0.05) is 13.8 Å². The average Bonchev–Trinajstić information content (AvgIpc) is 2.25. The second-order valence-corrected chi connectivity index (χ2v) is 4.82. The molecule has 0 fully saturated rings. The fourth-order valence-corrected chi connectivity index (χ4v) is 1.65. The molecular weight excluding hydrogens is 214 g/mol. The molecule has 96 valence electrons. The number of rotatable bonds is 6. The highest BCUT2D eigenvalue weighted by atomic mass is 16.2. The van der Waals surface area contributed by atoms with E-state index in [1.165, 1.54) is 0 Å². The third kappa shape index (κ3) is 4.69. The third-order valence-electron chi connectivity index (χ3n) is 2.58. The Labute approximate surface area is 103 Å². The summed E-state index contributed by atoms with van der Waals surface area (Å²) < 4.78 is 0. The van der Waals surface area contributed by atoms with Gasteiger partial charge >= 0.3 is 0 Å². The molecule has 0 aliphatic heterocycles. The lowest BCUT2D eigenvalue weighted by Crippen LogP contribution is -2.17. The molecule has 1 atom stereocenters. The zero-order valence-corrected chi connectivity index (χ0v) is 11.2. The van der Waals surface area contributed by atoms with Crippen LogP contribution in [0, 0.1) is 6.92 Å². The molecule has 1 aromatic heterocycles. The normalized spacial score (nSPS) is 12.8. The Balaban J connectivity index is 2.70. The van der Waals surface area contributed by atoms with E-state index in [1.807, 2.05) is 13.0 Å². The third-order valence-corrected chi connectivity index (χ3v) is 2.58. The lowest BCUT2D eigenvalue weighted by molar-refractivity contribution is 0.282. The molecule has 0 saturated carbocycles. The first-order valence-corrected chi connectivity index (χ1v) is 6.26. The van der Waals surface area contributed by atoms with Gasteiger partial charge in [-0.2, -0.15) is 0 Å². The minimum atomic E-state index is 0.242. The zero-order valence-electron chi connectivity index (χ0n) is 11.2. The summed E-state index contributed by atoms with van der Waals surface area (Å²) in [5, 5.41) is 12.1. The van der Waals surface area contributed by atoms with Crippen LogP contribution in [-0.2, 0) is 0 Å². The summed E-state index contributed by atoms with van der Waals surface area (Å²) in [4.78, 5) is 8.91. The van der Waals surface area contributed by atoms with Crippen LogP contribution < -0.4 is 5.32 Å². The number of anilines is 1. The van der Waals surface area contributed by atoms with Gasteiger partial charge in [0.25, 0.3) is 0 Å². The van der Waals surface area contributed by atoms with Crippen molar-refractivity contribution >= 4 is 5.82 Å². The number of nitrogens with zero attached hydrogens (tertiary/aromatic N) is 2. The molecule has 0 bridgehead atoms. The summed E-state index contributed by atoms with van der Waals surface area (Å²) in [6.07, 6.45) is 1.76. The summed E-state index contributed by atoms with van der Waals surface area (Å²) in [6.45, 7) is 8.51. The van der Waals surface area contributed by atoms with Crippen molar-refractivity contribution in [3.05, 3.63) is 17.6 Å². The smallest absolute Gasteiger partial charge is 0.133 e. The van der Waals surface area contributed by atoms with Gasteiger partial charge in [0, 0.05) is 30.3 Å². The number of hydrogen-bond donors (Lipinski definition) is 2. The van der Waals surface area contributed by atoms with Crippen LogP contribution in [-0.4, -0.2) is 27.7 Å². The molecule has 1 aromatic rings. The number of aryl methyl sites for hydroxylation is 1. The van der Waals surface area contributed by atoms with Gasteiger partial charge in [0.1, 0.15) is 11.6 Å². The topological polar surface area (TPSA) is 58.0 Å². The maximum absolute atomic E-state index is 8.79. The highest BCUT2D eigenvalue weighted by Crippen LogP contribution is 2.15. The van der Waals surface area contributed by atoms with Gasteiger partial charge < -0.3 is 10.4 Å². The van der Waals surface area contributed by atoms with Gasteiger partial charge in [-0.05, 0) is 26.7 Å². The van der Waals surface area contributed by atoms with Crippen molar-refractivity contribution in [2.45, 2.75) is 52.5 Å². The monoisotopic (exact) mass is 237 g/mol. The summed E-state index contributed by atoms with van der Waals surface area (Å²) in [7, 11) is 0. The van der Waals surface area contributed by atoms with Gasteiger partial charge in [-0.15, -0.1) is 0 Å². The van der Waals surface area contributed by atoms with Gasteiger partial charge in [-0.3, -0.25) is 0 Å². The van der Waals surface area contributed by atoms with Crippen molar-refractivity contribution in [2.75, 3.05) is 11.9 Å². The first-order valence-electron chi connectivity index (χ1n) is 6.26. The molecule has 0 aromatic carbocycles. The van der Waals surface area contributed by atoms with Gasteiger partial charge in [0.05, 0.1) is 0 Å². The van der Waals surface area contributed by atoms with E-state index in [9.17, 15) is 0 Å². The Morgan fingerprint density at radius 3 is 2.59 bits per heavy atom. The lowest BCUT2D eigenvalue weighted by atomic mass is 10.2. The van der Waals surface area contributed by atoms with Gasteiger partial charge in [-0.25, -0.2) is 9.97 Å². The molecule has 0 amide bonds. The van der Waals surface area contributed by atoms with Crippen molar-refractivity contribution < 1.29 is 5.11 Å². The van der Waals surface area contributed by atoms with Crippen molar-refractivity contribution in [2.24, 2.45) is 0 Å². The van der Waals surface area contributed by atoms with Crippen LogP contribution in [0.1, 0.15) is 51.0 Å². The molecule has 0 radical (unpaired) electrons. The largest absolute Gasteiger partial charge is 0.396 e. The molecule has 0 saturated heterocycles.